The Hall–Kier alpha value is -1.58. The quantitative estimate of drug-likeness (QED) is 0.316. The van der Waals surface area contributed by atoms with E-state index in [1.807, 2.05) is 40.0 Å². The van der Waals surface area contributed by atoms with Gasteiger partial charge in [-0.2, -0.15) is 0 Å². The van der Waals surface area contributed by atoms with Crippen molar-refractivity contribution in [3.05, 3.63) is 29.6 Å². The van der Waals surface area contributed by atoms with E-state index in [2.05, 4.69) is 32.0 Å². The predicted molar refractivity (Wildman–Crippen MR) is 128 cm³/mol. The molecule has 0 aromatic carbocycles. The molecule has 3 N–H and O–H groups in total. The second kappa shape index (κ2) is 12.2. The number of nitrogens with one attached hydrogen (secondary N) is 3. The van der Waals surface area contributed by atoms with Crippen molar-refractivity contribution in [2.75, 3.05) is 13.6 Å². The number of guanidine groups is 1. The van der Waals surface area contributed by atoms with Crippen molar-refractivity contribution in [2.24, 2.45) is 4.99 Å². The number of ether oxygens (including phenoxy) is 1. The van der Waals surface area contributed by atoms with Crippen molar-refractivity contribution in [1.82, 2.24) is 20.9 Å². The lowest BCUT2D eigenvalue weighted by molar-refractivity contribution is 0.0490. The van der Waals surface area contributed by atoms with Gasteiger partial charge in [0.1, 0.15) is 5.60 Å². The Balaban J connectivity index is 0.00000420. The van der Waals surface area contributed by atoms with E-state index in [0.717, 1.165) is 50.3 Å². The maximum atomic E-state index is 11.9. The van der Waals surface area contributed by atoms with Gasteiger partial charge in [0.15, 0.2) is 5.96 Å². The third-order valence-corrected chi connectivity index (χ3v) is 4.69. The Kier molecular flexibility index (Phi) is 10.7. The first-order valence-corrected chi connectivity index (χ1v) is 10.1. The summed E-state index contributed by atoms with van der Waals surface area (Å²) in [5.74, 6) is 0.823. The fourth-order valence-electron chi connectivity index (χ4n) is 3.22. The van der Waals surface area contributed by atoms with Crippen LogP contribution in [0.4, 0.5) is 4.79 Å². The van der Waals surface area contributed by atoms with Gasteiger partial charge in [-0.3, -0.25) is 9.98 Å². The number of carbonyl (C=O) groups is 1. The summed E-state index contributed by atoms with van der Waals surface area (Å²) in [5.41, 5.74) is 1.78. The van der Waals surface area contributed by atoms with Crippen molar-refractivity contribution in [2.45, 2.75) is 77.5 Å². The Labute approximate surface area is 191 Å². The number of aryl methyl sites for hydroxylation is 1. The lowest BCUT2D eigenvalue weighted by Crippen LogP contribution is -2.48. The molecular formula is C21H36IN5O2. The summed E-state index contributed by atoms with van der Waals surface area (Å²) in [6, 6.07) is 4.69. The Morgan fingerprint density at radius 3 is 2.31 bits per heavy atom. The van der Waals surface area contributed by atoms with E-state index in [1.54, 1.807) is 7.05 Å². The number of alkyl carbamates (subject to hydrolysis) is 1. The van der Waals surface area contributed by atoms with E-state index in [0.29, 0.717) is 6.04 Å². The molecule has 1 aromatic rings. The number of aromatic nitrogens is 1. The highest BCUT2D eigenvalue weighted by molar-refractivity contribution is 14.0. The molecule has 0 saturated heterocycles. The summed E-state index contributed by atoms with van der Waals surface area (Å²) in [7, 11) is 1.79. The molecule has 1 aliphatic carbocycles. The fraction of sp³-hybridized carbons (Fsp3) is 0.667. The van der Waals surface area contributed by atoms with Gasteiger partial charge in [0.05, 0.1) is 0 Å². The van der Waals surface area contributed by atoms with Crippen LogP contribution in [0, 0.1) is 6.92 Å². The Morgan fingerprint density at radius 1 is 1.17 bits per heavy atom. The van der Waals surface area contributed by atoms with Crippen LogP contribution in [0.2, 0.25) is 0 Å². The summed E-state index contributed by atoms with van der Waals surface area (Å²) >= 11 is 0. The summed E-state index contributed by atoms with van der Waals surface area (Å²) < 4.78 is 5.34. The first-order valence-electron chi connectivity index (χ1n) is 10.1. The van der Waals surface area contributed by atoms with Crippen LogP contribution in [0.15, 0.2) is 23.3 Å². The SMILES string of the molecule is CN=C(NCCc1ccc(C)nc1)NC1CCC(NC(=O)OC(C)(C)C)CC1.I. The lowest BCUT2D eigenvalue weighted by atomic mass is 9.91. The van der Waals surface area contributed by atoms with Gasteiger partial charge in [0, 0.05) is 37.6 Å². The van der Waals surface area contributed by atoms with Crippen molar-refractivity contribution in [3.8, 4) is 0 Å². The van der Waals surface area contributed by atoms with Crippen LogP contribution < -0.4 is 16.0 Å². The largest absolute Gasteiger partial charge is 0.444 e. The first kappa shape index (κ1) is 25.5. The van der Waals surface area contributed by atoms with Crippen LogP contribution in [0.25, 0.3) is 0 Å². The van der Waals surface area contributed by atoms with Crippen LogP contribution in [0.5, 0.6) is 0 Å². The highest BCUT2D eigenvalue weighted by Gasteiger charge is 2.25. The maximum Gasteiger partial charge on any atom is 0.407 e. The molecule has 0 spiro atoms. The number of hydrogen-bond acceptors (Lipinski definition) is 4. The number of nitrogens with zero attached hydrogens (tertiary/aromatic N) is 2. The number of carbonyl (C=O) groups excluding carboxylic acids is 1. The Morgan fingerprint density at radius 2 is 1.79 bits per heavy atom. The molecule has 0 unspecified atom stereocenters. The van der Waals surface area contributed by atoms with Crippen LogP contribution >= 0.6 is 24.0 Å². The molecule has 2 rings (SSSR count). The van der Waals surface area contributed by atoms with Gasteiger partial charge in [0.2, 0.25) is 0 Å². The fourth-order valence-corrected chi connectivity index (χ4v) is 3.22. The molecule has 1 fully saturated rings. The van der Waals surface area contributed by atoms with Gasteiger partial charge in [-0.1, -0.05) is 6.07 Å². The number of aliphatic imine (C=N–C) groups is 1. The second-order valence-electron chi connectivity index (χ2n) is 8.40. The number of amides is 1. The van der Waals surface area contributed by atoms with E-state index in [9.17, 15) is 4.79 Å². The van der Waals surface area contributed by atoms with E-state index in [-0.39, 0.29) is 36.1 Å². The molecular weight excluding hydrogens is 481 g/mol. The molecule has 164 valence electrons. The van der Waals surface area contributed by atoms with E-state index in [4.69, 9.17) is 4.74 Å². The number of hydrogen-bond donors (Lipinski definition) is 3. The molecule has 7 nitrogen and oxygen atoms in total. The molecule has 1 aliphatic rings. The molecule has 0 atom stereocenters. The third kappa shape index (κ3) is 10.1. The summed E-state index contributed by atoms with van der Waals surface area (Å²) in [6.45, 7) is 8.43. The molecule has 1 heterocycles. The number of pyridine rings is 1. The lowest BCUT2D eigenvalue weighted by Gasteiger charge is -2.31. The first-order chi connectivity index (χ1) is 13.2. The normalized spacial score (nSPS) is 19.7. The number of rotatable bonds is 5. The van der Waals surface area contributed by atoms with Gasteiger partial charge in [-0.25, -0.2) is 4.79 Å². The van der Waals surface area contributed by atoms with Gasteiger partial charge in [-0.15, -0.1) is 24.0 Å². The molecule has 1 aromatic heterocycles. The summed E-state index contributed by atoms with van der Waals surface area (Å²) in [4.78, 5) is 20.6. The molecule has 0 radical (unpaired) electrons. The highest BCUT2D eigenvalue weighted by Crippen LogP contribution is 2.19. The molecule has 1 amide bonds. The Bertz CT molecular complexity index is 650. The van der Waals surface area contributed by atoms with Gasteiger partial charge >= 0.3 is 6.09 Å². The van der Waals surface area contributed by atoms with Crippen molar-refractivity contribution in [1.29, 1.82) is 0 Å². The van der Waals surface area contributed by atoms with Gasteiger partial charge in [0.25, 0.3) is 0 Å². The van der Waals surface area contributed by atoms with Crippen molar-refractivity contribution < 1.29 is 9.53 Å². The van der Waals surface area contributed by atoms with Gasteiger partial charge in [-0.05, 0) is 71.4 Å². The standard InChI is InChI=1S/C21H35N5O2.HI/c1-15-6-7-16(14-24-15)12-13-23-19(22-5)25-17-8-10-18(11-9-17)26-20(27)28-21(2,3)4;/h6-7,14,17-18H,8-13H2,1-5H3,(H,26,27)(H2,22,23,25);1H. The minimum absolute atomic E-state index is 0. The van der Waals surface area contributed by atoms with E-state index in [1.165, 1.54) is 5.56 Å². The van der Waals surface area contributed by atoms with Gasteiger partial charge < -0.3 is 20.7 Å². The maximum absolute atomic E-state index is 11.9. The van der Waals surface area contributed by atoms with Crippen LogP contribution in [-0.2, 0) is 11.2 Å². The average molecular weight is 517 g/mol. The smallest absolute Gasteiger partial charge is 0.407 e. The highest BCUT2D eigenvalue weighted by atomic mass is 127. The van der Waals surface area contributed by atoms with Crippen molar-refractivity contribution >= 4 is 36.0 Å². The van der Waals surface area contributed by atoms with Crippen LogP contribution in [0.3, 0.4) is 0 Å². The zero-order valence-electron chi connectivity index (χ0n) is 18.2. The number of halogens is 1. The predicted octanol–water partition coefficient (Wildman–Crippen LogP) is 3.55. The minimum Gasteiger partial charge on any atom is -0.444 e. The van der Waals surface area contributed by atoms with Crippen LogP contribution in [0.1, 0.15) is 57.7 Å². The topological polar surface area (TPSA) is 87.6 Å². The molecule has 0 aliphatic heterocycles. The molecule has 1 saturated carbocycles. The second-order valence-corrected chi connectivity index (χ2v) is 8.40. The monoisotopic (exact) mass is 517 g/mol. The summed E-state index contributed by atoms with van der Waals surface area (Å²) in [5, 5.41) is 9.84. The zero-order chi connectivity index (χ0) is 20.6. The third-order valence-electron chi connectivity index (χ3n) is 4.69. The molecule has 0 bridgehead atoms. The molecule has 8 heteroatoms. The minimum atomic E-state index is -0.463. The van der Waals surface area contributed by atoms with E-state index < -0.39 is 5.60 Å². The van der Waals surface area contributed by atoms with Crippen LogP contribution in [-0.4, -0.2) is 48.3 Å². The zero-order valence-corrected chi connectivity index (χ0v) is 20.6. The molecule has 29 heavy (non-hydrogen) atoms. The van der Waals surface area contributed by atoms with E-state index >= 15 is 0 Å². The summed E-state index contributed by atoms with van der Waals surface area (Å²) in [6.07, 6.45) is 6.34. The van der Waals surface area contributed by atoms with Crippen molar-refractivity contribution in [3.63, 3.8) is 0 Å². The average Bonchev–Trinajstić information content (AvgIpc) is 2.62.